The summed E-state index contributed by atoms with van der Waals surface area (Å²) in [6.45, 7) is 3.86. The summed E-state index contributed by atoms with van der Waals surface area (Å²) in [5.41, 5.74) is 10.1. The van der Waals surface area contributed by atoms with E-state index in [2.05, 4.69) is 31.0 Å². The lowest BCUT2D eigenvalue weighted by Gasteiger charge is -2.03. The van der Waals surface area contributed by atoms with Crippen LogP contribution in [0.3, 0.4) is 0 Å². The fourth-order valence-electron chi connectivity index (χ4n) is 2.16. The van der Waals surface area contributed by atoms with Crippen LogP contribution in [0.2, 0.25) is 0 Å². The number of anilines is 1. The molecule has 21 heavy (non-hydrogen) atoms. The molecular weight excluding hydrogens is 330 g/mol. The van der Waals surface area contributed by atoms with E-state index in [4.69, 9.17) is 5.73 Å². The minimum absolute atomic E-state index is 0.525. The van der Waals surface area contributed by atoms with Crippen molar-refractivity contribution < 1.29 is 0 Å². The molecule has 0 aliphatic heterocycles. The number of hydrogen-bond acceptors (Lipinski definition) is 4. The highest BCUT2D eigenvalue weighted by atomic mass is 79.9. The Morgan fingerprint density at radius 2 is 1.76 bits per heavy atom. The fraction of sp³-hybridized carbons (Fsp3) is 0.133. The summed E-state index contributed by atoms with van der Waals surface area (Å²) < 4.78 is 2.56. The van der Waals surface area contributed by atoms with Gasteiger partial charge >= 0.3 is 0 Å². The van der Waals surface area contributed by atoms with Gasteiger partial charge in [-0.2, -0.15) is 5.10 Å². The minimum atomic E-state index is 0.525. The first-order chi connectivity index (χ1) is 10.0. The maximum Gasteiger partial charge on any atom is 0.251 e. The Hall–Kier alpha value is -2.21. The monoisotopic (exact) mass is 343 g/mol. The molecule has 106 valence electrons. The number of nitrogen functional groups attached to an aromatic ring is 1. The van der Waals surface area contributed by atoms with Crippen LogP contribution in [-0.2, 0) is 0 Å². The Kier molecular flexibility index (Phi) is 3.47. The van der Waals surface area contributed by atoms with E-state index in [1.54, 1.807) is 10.9 Å². The molecule has 0 fully saturated rings. The van der Waals surface area contributed by atoms with Gasteiger partial charge in [-0.15, -0.1) is 0 Å². The summed E-state index contributed by atoms with van der Waals surface area (Å²) in [7, 11) is 0. The van der Waals surface area contributed by atoms with Crippen molar-refractivity contribution in [2.75, 3.05) is 5.73 Å². The van der Waals surface area contributed by atoms with E-state index in [-0.39, 0.29) is 0 Å². The van der Waals surface area contributed by atoms with Crippen LogP contribution in [0.15, 0.2) is 41.0 Å². The van der Waals surface area contributed by atoms with Crippen LogP contribution in [0.4, 0.5) is 5.69 Å². The molecule has 1 aromatic carbocycles. The second kappa shape index (κ2) is 5.29. The van der Waals surface area contributed by atoms with Gasteiger partial charge < -0.3 is 5.73 Å². The highest BCUT2D eigenvalue weighted by molar-refractivity contribution is 9.10. The number of nitrogens with zero attached hydrogens (tertiary/aromatic N) is 4. The van der Waals surface area contributed by atoms with Crippen molar-refractivity contribution in [3.63, 3.8) is 0 Å². The van der Waals surface area contributed by atoms with Gasteiger partial charge in [0.05, 0.1) is 11.9 Å². The SMILES string of the molecule is Cc1cc(C)nc(-n2cc(N)c(-c3ccccc3Br)n2)n1. The molecule has 6 heteroatoms. The lowest BCUT2D eigenvalue weighted by atomic mass is 10.1. The standard InChI is InChI=1S/C15H14BrN5/c1-9-7-10(2)19-15(18-9)21-8-13(17)14(20-21)11-5-3-4-6-12(11)16/h3-8H,17H2,1-2H3. The van der Waals surface area contributed by atoms with Crippen LogP contribution in [0.25, 0.3) is 17.2 Å². The third-order valence-corrected chi connectivity index (χ3v) is 3.74. The van der Waals surface area contributed by atoms with Gasteiger partial charge in [-0.25, -0.2) is 14.6 Å². The zero-order valence-electron chi connectivity index (χ0n) is 11.7. The molecule has 2 aromatic heterocycles. The predicted octanol–water partition coefficient (Wildman–Crippen LogP) is 3.29. The molecule has 5 nitrogen and oxygen atoms in total. The number of halogens is 1. The molecule has 0 radical (unpaired) electrons. The molecule has 0 saturated carbocycles. The quantitative estimate of drug-likeness (QED) is 0.774. The van der Waals surface area contributed by atoms with Gasteiger partial charge in [0.15, 0.2) is 0 Å². The number of hydrogen-bond donors (Lipinski definition) is 1. The van der Waals surface area contributed by atoms with E-state index in [9.17, 15) is 0 Å². The van der Waals surface area contributed by atoms with Crippen LogP contribution in [-0.4, -0.2) is 19.7 Å². The van der Waals surface area contributed by atoms with E-state index in [1.165, 1.54) is 0 Å². The molecule has 0 unspecified atom stereocenters. The summed E-state index contributed by atoms with van der Waals surface area (Å²) >= 11 is 3.52. The van der Waals surface area contributed by atoms with Crippen LogP contribution in [0, 0.1) is 13.8 Å². The van der Waals surface area contributed by atoms with Crippen molar-refractivity contribution >= 4 is 21.6 Å². The first kappa shape index (κ1) is 13.8. The maximum absolute atomic E-state index is 6.10. The number of rotatable bonds is 2. The molecule has 2 N–H and O–H groups in total. The average Bonchev–Trinajstić information content (AvgIpc) is 2.80. The van der Waals surface area contributed by atoms with Crippen molar-refractivity contribution in [3.05, 3.63) is 52.4 Å². The first-order valence-corrected chi connectivity index (χ1v) is 7.26. The van der Waals surface area contributed by atoms with Crippen LogP contribution in [0.5, 0.6) is 0 Å². The van der Waals surface area contributed by atoms with Gasteiger partial charge in [0.1, 0.15) is 5.69 Å². The van der Waals surface area contributed by atoms with Crippen LogP contribution in [0.1, 0.15) is 11.4 Å². The summed E-state index contributed by atoms with van der Waals surface area (Å²) in [5.74, 6) is 0.525. The van der Waals surface area contributed by atoms with Crippen molar-refractivity contribution in [2.24, 2.45) is 0 Å². The molecule has 0 aliphatic carbocycles. The molecule has 2 heterocycles. The smallest absolute Gasteiger partial charge is 0.251 e. The molecule has 0 bridgehead atoms. The molecule has 0 aliphatic rings. The largest absolute Gasteiger partial charge is 0.396 e. The number of benzene rings is 1. The number of aryl methyl sites for hydroxylation is 2. The Balaban J connectivity index is 2.12. The second-order valence-electron chi connectivity index (χ2n) is 4.81. The molecule has 0 spiro atoms. The summed E-state index contributed by atoms with van der Waals surface area (Å²) in [6, 6.07) is 9.75. The molecule has 0 atom stereocenters. The summed E-state index contributed by atoms with van der Waals surface area (Å²) in [5, 5.41) is 4.53. The zero-order valence-corrected chi connectivity index (χ0v) is 13.3. The maximum atomic E-state index is 6.10. The van der Waals surface area contributed by atoms with E-state index >= 15 is 0 Å². The molecule has 0 amide bonds. The van der Waals surface area contributed by atoms with E-state index in [1.807, 2.05) is 44.2 Å². The third kappa shape index (κ3) is 2.67. The lowest BCUT2D eigenvalue weighted by molar-refractivity contribution is 0.796. The minimum Gasteiger partial charge on any atom is -0.396 e. The third-order valence-electron chi connectivity index (χ3n) is 3.05. The van der Waals surface area contributed by atoms with Gasteiger partial charge in [-0.3, -0.25) is 0 Å². The average molecular weight is 344 g/mol. The van der Waals surface area contributed by atoms with Crippen LogP contribution >= 0.6 is 15.9 Å². The summed E-state index contributed by atoms with van der Waals surface area (Å²) in [6.07, 6.45) is 1.74. The number of nitrogens with two attached hydrogens (primary N) is 1. The van der Waals surface area contributed by atoms with Gasteiger partial charge in [0.25, 0.3) is 5.95 Å². The highest BCUT2D eigenvalue weighted by Gasteiger charge is 2.13. The number of aromatic nitrogens is 4. The van der Waals surface area contributed by atoms with Crippen molar-refractivity contribution in [1.82, 2.24) is 19.7 Å². The summed E-state index contributed by atoms with van der Waals surface area (Å²) in [4.78, 5) is 8.79. The van der Waals surface area contributed by atoms with E-state index < -0.39 is 0 Å². The molecule has 0 saturated heterocycles. The normalized spacial score (nSPS) is 10.8. The second-order valence-corrected chi connectivity index (χ2v) is 5.66. The fourth-order valence-corrected chi connectivity index (χ4v) is 2.63. The van der Waals surface area contributed by atoms with Gasteiger partial charge in [-0.05, 0) is 26.0 Å². The van der Waals surface area contributed by atoms with Crippen molar-refractivity contribution in [3.8, 4) is 17.2 Å². The molecule has 3 aromatic rings. The topological polar surface area (TPSA) is 69.6 Å². The van der Waals surface area contributed by atoms with E-state index in [0.717, 1.165) is 21.4 Å². The lowest BCUT2D eigenvalue weighted by Crippen LogP contribution is -2.04. The van der Waals surface area contributed by atoms with Crippen LogP contribution < -0.4 is 5.73 Å². The molecular formula is C15H14BrN5. The Morgan fingerprint density at radius 3 is 2.43 bits per heavy atom. The van der Waals surface area contributed by atoms with Gasteiger partial charge in [0.2, 0.25) is 0 Å². The van der Waals surface area contributed by atoms with Gasteiger partial charge in [0, 0.05) is 21.4 Å². The van der Waals surface area contributed by atoms with Crippen molar-refractivity contribution in [1.29, 1.82) is 0 Å². The van der Waals surface area contributed by atoms with Gasteiger partial charge in [-0.1, -0.05) is 34.1 Å². The Bertz CT molecular complexity index is 789. The highest BCUT2D eigenvalue weighted by Crippen LogP contribution is 2.31. The van der Waals surface area contributed by atoms with Crippen molar-refractivity contribution in [2.45, 2.75) is 13.8 Å². The Morgan fingerprint density at radius 1 is 1.10 bits per heavy atom. The Labute approximate surface area is 131 Å². The first-order valence-electron chi connectivity index (χ1n) is 6.47. The predicted molar refractivity (Wildman–Crippen MR) is 86.2 cm³/mol. The van der Waals surface area contributed by atoms with E-state index in [0.29, 0.717) is 17.3 Å². The molecule has 3 rings (SSSR count). The zero-order chi connectivity index (χ0) is 15.0.